The van der Waals surface area contributed by atoms with Crippen molar-refractivity contribution in [1.29, 1.82) is 0 Å². The van der Waals surface area contributed by atoms with Crippen molar-refractivity contribution in [2.45, 2.75) is 71.2 Å². The molecule has 0 aliphatic rings. The van der Waals surface area contributed by atoms with E-state index in [1.165, 1.54) is 61.2 Å². The second kappa shape index (κ2) is 34.0. The maximum absolute atomic E-state index is 12.9. The minimum atomic E-state index is -4.49. The van der Waals surface area contributed by atoms with Crippen LogP contribution in [0, 0.1) is 20.4 Å². The van der Waals surface area contributed by atoms with Gasteiger partial charge >= 0.3 is 24.7 Å². The van der Waals surface area contributed by atoms with Crippen molar-refractivity contribution < 1.29 is 75.9 Å². The lowest BCUT2D eigenvalue weighted by Crippen LogP contribution is -2.13. The molecule has 10 aromatic carbocycles. The molecule has 0 radical (unpaired) electrons. The molecule has 0 saturated heterocycles. The molecule has 17 nitrogen and oxygen atoms in total. The van der Waals surface area contributed by atoms with Crippen LogP contribution in [-0.2, 0) is 57.3 Å². The third-order valence-electron chi connectivity index (χ3n) is 19.4. The van der Waals surface area contributed by atoms with Crippen LogP contribution in [0.3, 0.4) is 0 Å². The van der Waals surface area contributed by atoms with E-state index in [-0.39, 0.29) is 43.7 Å². The Kier molecular flexibility index (Phi) is 23.1. The first-order valence-electron chi connectivity index (χ1n) is 36.5. The Morgan fingerprint density at radius 2 is 0.773 bits per heavy atom. The Morgan fingerprint density at radius 1 is 0.387 bits per heavy atom. The molecular weight excluding hydrogens is 1560 g/mol. The zero-order valence-electron chi connectivity index (χ0n) is 62.6. The summed E-state index contributed by atoms with van der Waals surface area (Å²) in [7, 11) is 0. The average molecular weight is 1620 g/mol. The molecule has 7 heterocycles. The predicted molar refractivity (Wildman–Crippen MR) is 425 cm³/mol. The topological polar surface area (TPSA) is 190 Å². The molecule has 0 aliphatic carbocycles. The summed E-state index contributed by atoms with van der Waals surface area (Å²) in [5.41, 5.74) is 6.77. The second-order valence-corrected chi connectivity index (χ2v) is 27.3. The van der Waals surface area contributed by atoms with Gasteiger partial charge < -0.3 is 19.5 Å². The van der Waals surface area contributed by atoms with Gasteiger partial charge in [0.15, 0.2) is 23.1 Å². The van der Waals surface area contributed by atoms with E-state index in [0.717, 1.165) is 108 Å². The molecule has 2 N–H and O–H groups in total. The highest BCUT2D eigenvalue weighted by Crippen LogP contribution is 2.38. The monoisotopic (exact) mass is 1620 g/mol. The zero-order valence-corrected chi connectivity index (χ0v) is 62.6. The van der Waals surface area contributed by atoms with Gasteiger partial charge in [-0.25, -0.2) is 4.85 Å². The lowest BCUT2D eigenvalue weighted by atomic mass is 10.0. The molecule has 0 saturated carbocycles. The highest BCUT2D eigenvalue weighted by Gasteiger charge is 2.34. The number of alkyl halides is 12. The fraction of sp³-hybridized carbons (Fsp3) is 0.122. The smallest absolute Gasteiger partial charge is 0.433 e. The van der Waals surface area contributed by atoms with Crippen molar-refractivity contribution in [3.63, 3.8) is 0 Å². The van der Waals surface area contributed by atoms with Gasteiger partial charge in [0.25, 0.3) is 11.8 Å². The molecule has 0 spiro atoms. The van der Waals surface area contributed by atoms with E-state index in [1.807, 2.05) is 120 Å². The van der Waals surface area contributed by atoms with Crippen molar-refractivity contribution in [3.05, 3.63) is 370 Å². The van der Waals surface area contributed by atoms with E-state index in [9.17, 15) is 67.1 Å². The van der Waals surface area contributed by atoms with Gasteiger partial charge in [-0.2, -0.15) is 73.1 Å². The van der Waals surface area contributed by atoms with Crippen molar-refractivity contribution in [1.82, 2.24) is 44.1 Å². The number of carbonyl (C=O) groups is 3. The van der Waals surface area contributed by atoms with E-state index in [2.05, 4.69) is 60.0 Å². The highest BCUT2D eigenvalue weighted by atomic mass is 19.4. The number of Topliss-reactive ketones (excluding diaryl/α,β-unsaturated/α-hetero) is 1. The quantitative estimate of drug-likeness (QED) is 0.0535. The van der Waals surface area contributed by atoms with Gasteiger partial charge in [0, 0.05) is 38.9 Å². The van der Waals surface area contributed by atoms with E-state index in [0.29, 0.717) is 79.8 Å². The Hall–Kier alpha value is -14.7. The molecule has 0 unspecified atom stereocenters. The highest BCUT2D eigenvalue weighted by molar-refractivity contribution is 6.10. The number of benzene rings is 10. The van der Waals surface area contributed by atoms with E-state index < -0.39 is 47.1 Å². The lowest BCUT2D eigenvalue weighted by Gasteiger charge is -2.08. The summed E-state index contributed by atoms with van der Waals surface area (Å²) in [6, 6.07) is 71.4. The van der Waals surface area contributed by atoms with Crippen molar-refractivity contribution >= 4 is 89.3 Å². The molecule has 0 fully saturated rings. The average Bonchev–Trinajstić information content (AvgIpc) is 1.61. The van der Waals surface area contributed by atoms with Crippen LogP contribution < -0.4 is 10.6 Å². The SMILES string of the molecule is Cc1occc1C(=O)Nc1nn(Cc2ccc(C(F)(F)F)cc2)c2ccccc12.Cc1occc1C(=O)Nc1nn(Cc2ccc(C(F)(F)F)nc2)c2ccccc12.FC(F)(F)c1ccc(Cn2nc(-c3cccc4ccccc34)c3ccccc32)cc1.[C-]#[N+]c1ccccc1C(=O)Cc1nn(Cc2ccc(C(F)(F)F)cc2)c2ccccc12. The van der Waals surface area contributed by atoms with Crippen LogP contribution in [0.25, 0.3) is 70.5 Å². The number of nitrogens with one attached hydrogen (secondary N) is 2. The molecule has 0 bridgehead atoms. The standard InChI is InChI=1S/C25H17F3N2.C24H16F3N3O.C21H16F3N3O2.C20H15F3N4O2/c26-25(27,28)19-14-12-17(13-15-19)16-30-23-11-4-3-9-22(23)24(29-30)21-10-5-7-18-6-1-2-8-20(18)21;1-28-20-8-4-2-7-19(20)23(31)14-21-18-6-3-5-9-22(18)30(29-21)15-16-10-12-17(13-11-16)24(25,26)27;1-13-16(10-11-29-13)20(28)25-19-17-4-2-3-5-18(17)27(26-19)12-14-6-8-15(9-7-14)21(22,23)24;1-12-14(8-9-29-12)19(28)25-18-15-4-2-3-5-16(15)27(26-18)11-13-6-7-17(24-10-13)20(21,22)23/h1-15H,16H2;2-13H,14-15H2;2-11H,12H2,1H3,(H,25,26,28);2-10H,11H2,1H3,(H,25,26,28). The summed E-state index contributed by atoms with van der Waals surface area (Å²) in [4.78, 5) is 44.7. The Balaban J connectivity index is 0.000000130. The fourth-order valence-corrected chi connectivity index (χ4v) is 13.4. The maximum atomic E-state index is 12.9. The van der Waals surface area contributed by atoms with Gasteiger partial charge in [-0.05, 0) is 138 Å². The van der Waals surface area contributed by atoms with Crippen LogP contribution in [0.1, 0.15) is 92.9 Å². The Morgan fingerprint density at radius 3 is 1.22 bits per heavy atom. The van der Waals surface area contributed by atoms with Crippen molar-refractivity contribution in [2.24, 2.45) is 0 Å². The van der Waals surface area contributed by atoms with Gasteiger partial charge in [-0.1, -0.05) is 170 Å². The zero-order chi connectivity index (χ0) is 83.9. The van der Waals surface area contributed by atoms with Crippen LogP contribution in [0.15, 0.2) is 288 Å². The summed E-state index contributed by atoms with van der Waals surface area (Å²) >= 11 is 0. The van der Waals surface area contributed by atoms with Crippen molar-refractivity contribution in [2.75, 3.05) is 10.6 Å². The number of nitrogens with zero attached hydrogens (tertiary/aromatic N) is 10. The minimum absolute atomic E-state index is 0.0209. The van der Waals surface area contributed by atoms with E-state index >= 15 is 0 Å². The van der Waals surface area contributed by atoms with Gasteiger partial charge in [0.05, 0.1) is 107 Å². The number of aromatic nitrogens is 9. The second-order valence-electron chi connectivity index (χ2n) is 27.3. The summed E-state index contributed by atoms with van der Waals surface area (Å²) < 4.78 is 170. The number of hydrogen-bond acceptors (Lipinski definition) is 10. The summed E-state index contributed by atoms with van der Waals surface area (Å²) in [5.74, 6) is 0.794. The van der Waals surface area contributed by atoms with Crippen LogP contribution in [0.2, 0.25) is 0 Å². The largest absolute Gasteiger partial charge is 0.469 e. The fourth-order valence-electron chi connectivity index (χ4n) is 13.4. The molecule has 598 valence electrons. The molecular formula is C90H64F12N12O5. The van der Waals surface area contributed by atoms with E-state index in [1.54, 1.807) is 64.3 Å². The summed E-state index contributed by atoms with van der Waals surface area (Å²) in [6.45, 7) is 11.8. The number of ketones is 1. The third-order valence-corrected chi connectivity index (χ3v) is 19.4. The number of halogens is 12. The van der Waals surface area contributed by atoms with Crippen LogP contribution in [-0.4, -0.2) is 61.7 Å². The van der Waals surface area contributed by atoms with E-state index in [4.69, 9.17) is 20.5 Å². The van der Waals surface area contributed by atoms with Gasteiger partial charge in [0.2, 0.25) is 0 Å². The number of amides is 2. The summed E-state index contributed by atoms with van der Waals surface area (Å²) in [6.07, 6.45) is -13.5. The minimum Gasteiger partial charge on any atom is -0.469 e. The predicted octanol–water partition coefficient (Wildman–Crippen LogP) is 22.9. The number of carbonyl (C=O) groups excluding carboxylic acids is 3. The first kappa shape index (κ1) is 80.9. The van der Waals surface area contributed by atoms with Crippen LogP contribution >= 0.6 is 0 Å². The first-order chi connectivity index (χ1) is 57.0. The molecule has 17 aromatic rings. The number of furan rings is 2. The van der Waals surface area contributed by atoms with Gasteiger partial charge in [0.1, 0.15) is 22.9 Å². The van der Waals surface area contributed by atoms with Gasteiger partial charge in [-0.3, -0.25) is 38.1 Å². The number of para-hydroxylation sites is 5. The number of fused-ring (bicyclic) bond motifs is 5. The van der Waals surface area contributed by atoms with Crippen LogP contribution in [0.4, 0.5) is 70.0 Å². The normalized spacial score (nSPS) is 11.7. The lowest BCUT2D eigenvalue weighted by molar-refractivity contribution is -0.141. The number of rotatable bonds is 16. The number of anilines is 2. The molecule has 7 aromatic heterocycles. The number of aryl methyl sites for hydroxylation is 2. The van der Waals surface area contributed by atoms with Crippen molar-refractivity contribution in [3.8, 4) is 11.3 Å². The van der Waals surface area contributed by atoms with Gasteiger partial charge in [-0.15, -0.1) is 0 Å². The Labute approximate surface area is 668 Å². The first-order valence-corrected chi connectivity index (χ1v) is 36.5. The molecule has 119 heavy (non-hydrogen) atoms. The summed E-state index contributed by atoms with van der Waals surface area (Å²) in [5, 5.41) is 29.4. The Bertz CT molecular complexity index is 6390. The molecule has 0 aliphatic heterocycles. The van der Waals surface area contributed by atoms with Crippen LogP contribution in [0.5, 0.6) is 0 Å². The molecule has 29 heteroatoms. The molecule has 0 atom stereocenters. The third kappa shape index (κ3) is 18.5. The molecule has 17 rings (SSSR count). The number of pyridine rings is 1. The number of hydrogen-bond donors (Lipinski definition) is 2. The molecule has 2 amide bonds. The maximum Gasteiger partial charge on any atom is 0.433 e.